The van der Waals surface area contributed by atoms with Gasteiger partial charge in [0.15, 0.2) is 0 Å². The Morgan fingerprint density at radius 1 is 1.13 bits per heavy atom. The first-order chi connectivity index (χ1) is 18.4. The molecular weight excluding hydrogens is 523 g/mol. The van der Waals surface area contributed by atoms with Crippen molar-refractivity contribution in [3.05, 3.63) is 28.5 Å². The second kappa shape index (κ2) is 11.4. The van der Waals surface area contributed by atoms with Crippen LogP contribution in [0.3, 0.4) is 0 Å². The molecule has 4 fully saturated rings. The SMILES string of the molecule is O=C(C1Cc2c(Cl)cc(F)cc2N1)N1CCC2(C3CCCCCCCCC3)NC(N[C@H]3C[C@H](O)C3)SC2C1. The van der Waals surface area contributed by atoms with Crippen LogP contribution in [0.4, 0.5) is 10.1 Å². The monoisotopic (exact) mass is 564 g/mol. The van der Waals surface area contributed by atoms with Gasteiger partial charge >= 0.3 is 0 Å². The fourth-order valence-corrected chi connectivity index (χ4v) is 9.65. The van der Waals surface area contributed by atoms with Crippen molar-refractivity contribution in [3.8, 4) is 0 Å². The number of aliphatic hydroxyl groups is 1. The van der Waals surface area contributed by atoms with Gasteiger partial charge in [-0.25, -0.2) is 4.39 Å². The zero-order chi connectivity index (χ0) is 26.3. The third kappa shape index (κ3) is 5.45. The third-order valence-electron chi connectivity index (χ3n) is 9.80. The molecule has 1 aromatic carbocycles. The van der Waals surface area contributed by atoms with E-state index in [0.29, 0.717) is 34.3 Å². The molecule has 4 N–H and O–H groups in total. The maximum Gasteiger partial charge on any atom is 0.245 e. The number of rotatable bonds is 4. The minimum absolute atomic E-state index is 0.0270. The predicted octanol–water partition coefficient (Wildman–Crippen LogP) is 5.03. The molecule has 5 aliphatic rings. The number of anilines is 1. The average molecular weight is 565 g/mol. The summed E-state index contributed by atoms with van der Waals surface area (Å²) < 4.78 is 13.9. The zero-order valence-corrected chi connectivity index (χ0v) is 23.8. The number of likely N-dealkylation sites (tertiary alicyclic amines) is 1. The first-order valence-electron chi connectivity index (χ1n) is 14.8. The number of carbonyl (C=O) groups is 1. The normalized spacial score (nSPS) is 36.2. The summed E-state index contributed by atoms with van der Waals surface area (Å²) in [6.07, 6.45) is 14.8. The molecule has 0 aromatic heterocycles. The van der Waals surface area contributed by atoms with Crippen molar-refractivity contribution in [2.24, 2.45) is 5.92 Å². The Balaban J connectivity index is 1.17. The molecule has 4 atom stereocenters. The molecule has 9 heteroatoms. The van der Waals surface area contributed by atoms with E-state index in [-0.39, 0.29) is 28.9 Å². The zero-order valence-electron chi connectivity index (χ0n) is 22.2. The van der Waals surface area contributed by atoms with Gasteiger partial charge in [0, 0.05) is 47.1 Å². The summed E-state index contributed by atoms with van der Waals surface area (Å²) in [5.74, 6) is 0.329. The lowest BCUT2D eigenvalue weighted by atomic mass is 9.71. The minimum Gasteiger partial charge on any atom is -0.393 e. The van der Waals surface area contributed by atoms with Crippen LogP contribution in [0, 0.1) is 11.7 Å². The maximum absolute atomic E-state index is 13.9. The maximum atomic E-state index is 13.9. The van der Waals surface area contributed by atoms with Gasteiger partial charge < -0.3 is 15.3 Å². The molecule has 0 bridgehead atoms. The van der Waals surface area contributed by atoms with Gasteiger partial charge in [-0.3, -0.25) is 15.4 Å². The minimum atomic E-state index is -0.393. The summed E-state index contributed by atoms with van der Waals surface area (Å²) in [6, 6.07) is 2.74. The standard InChI is InChI=1S/C29H42ClFN4O2S/c30-23-12-19(31)13-24-22(23)16-25(33-24)27(37)35-11-10-29(18-8-6-4-2-1-3-5-7-9-18)26(17-35)38-28(34-29)32-20-14-21(36)15-20/h12-13,18,20-21,25-26,28,32-34,36H,1-11,14-17H2/t20-,21-,25?,26?,28?,29?. The first kappa shape index (κ1) is 27.1. The van der Waals surface area contributed by atoms with Crippen molar-refractivity contribution in [1.29, 1.82) is 0 Å². The predicted molar refractivity (Wildman–Crippen MR) is 152 cm³/mol. The van der Waals surface area contributed by atoms with E-state index < -0.39 is 6.04 Å². The summed E-state index contributed by atoms with van der Waals surface area (Å²) in [6.45, 7) is 1.47. The Morgan fingerprint density at radius 2 is 1.84 bits per heavy atom. The van der Waals surface area contributed by atoms with Crippen LogP contribution in [0.1, 0.15) is 82.6 Å². The fourth-order valence-electron chi connectivity index (χ4n) is 7.59. The molecule has 2 aliphatic carbocycles. The number of thioether (sulfide) groups is 1. The van der Waals surface area contributed by atoms with Crippen molar-refractivity contribution in [1.82, 2.24) is 15.5 Å². The Labute approximate surface area is 235 Å². The van der Waals surface area contributed by atoms with Crippen molar-refractivity contribution < 1.29 is 14.3 Å². The van der Waals surface area contributed by atoms with Crippen molar-refractivity contribution >= 4 is 35.0 Å². The highest BCUT2D eigenvalue weighted by Gasteiger charge is 2.55. The molecule has 4 unspecified atom stereocenters. The largest absolute Gasteiger partial charge is 0.393 e. The summed E-state index contributed by atoms with van der Waals surface area (Å²) in [4.78, 5) is 15.8. The van der Waals surface area contributed by atoms with Gasteiger partial charge in [-0.05, 0) is 55.7 Å². The summed E-state index contributed by atoms with van der Waals surface area (Å²) in [5, 5.41) is 21.6. The van der Waals surface area contributed by atoms with Crippen LogP contribution in [-0.4, -0.2) is 63.5 Å². The topological polar surface area (TPSA) is 76.6 Å². The summed E-state index contributed by atoms with van der Waals surface area (Å²) >= 11 is 8.25. The lowest BCUT2D eigenvalue weighted by Crippen LogP contribution is -2.65. The van der Waals surface area contributed by atoms with E-state index in [9.17, 15) is 14.3 Å². The van der Waals surface area contributed by atoms with Crippen LogP contribution < -0.4 is 16.0 Å². The van der Waals surface area contributed by atoms with Crippen LogP contribution in [-0.2, 0) is 11.2 Å². The van der Waals surface area contributed by atoms with E-state index in [0.717, 1.165) is 37.9 Å². The molecule has 0 spiro atoms. The molecule has 6 nitrogen and oxygen atoms in total. The Morgan fingerprint density at radius 3 is 2.55 bits per heavy atom. The number of aliphatic hydroxyl groups excluding tert-OH is 1. The summed E-state index contributed by atoms with van der Waals surface area (Å²) in [5.41, 5.74) is 1.66. The van der Waals surface area contributed by atoms with Gasteiger partial charge in [-0.15, -0.1) is 11.8 Å². The van der Waals surface area contributed by atoms with Crippen LogP contribution >= 0.6 is 23.4 Å². The fraction of sp³-hybridized carbons (Fsp3) is 0.759. The first-order valence-corrected chi connectivity index (χ1v) is 16.1. The molecule has 1 amide bonds. The van der Waals surface area contributed by atoms with Gasteiger partial charge in [0.1, 0.15) is 17.4 Å². The molecule has 210 valence electrons. The van der Waals surface area contributed by atoms with E-state index in [1.165, 1.54) is 69.9 Å². The van der Waals surface area contributed by atoms with Gasteiger partial charge in [0.2, 0.25) is 5.91 Å². The molecular formula is C29H42ClFN4O2S. The quantitative estimate of drug-likeness (QED) is 0.411. The smallest absolute Gasteiger partial charge is 0.245 e. The van der Waals surface area contributed by atoms with Crippen LogP contribution in [0.25, 0.3) is 0 Å². The van der Waals surface area contributed by atoms with E-state index >= 15 is 0 Å². The Hall–Kier alpha value is -1.06. The molecule has 6 rings (SSSR count). The molecule has 2 saturated carbocycles. The van der Waals surface area contributed by atoms with Gasteiger partial charge in [0.25, 0.3) is 0 Å². The second-order valence-electron chi connectivity index (χ2n) is 12.3. The van der Waals surface area contributed by atoms with Gasteiger partial charge in [-0.1, -0.05) is 56.5 Å². The third-order valence-corrected chi connectivity index (χ3v) is 11.6. The second-order valence-corrected chi connectivity index (χ2v) is 14.0. The Bertz CT molecular complexity index is 1020. The molecule has 1 aromatic rings. The number of amides is 1. The number of hydrogen-bond donors (Lipinski definition) is 4. The lowest BCUT2D eigenvalue weighted by molar-refractivity contribution is -0.133. The number of hydrogen-bond acceptors (Lipinski definition) is 6. The Kier molecular flexibility index (Phi) is 8.16. The van der Waals surface area contributed by atoms with E-state index in [1.807, 2.05) is 16.7 Å². The number of nitrogens with one attached hydrogen (secondary N) is 3. The molecule has 3 aliphatic heterocycles. The highest BCUT2D eigenvalue weighted by atomic mass is 35.5. The number of halogens is 2. The van der Waals surface area contributed by atoms with Crippen molar-refractivity contribution in [2.45, 2.75) is 118 Å². The van der Waals surface area contributed by atoms with Crippen LogP contribution in [0.15, 0.2) is 12.1 Å². The summed E-state index contributed by atoms with van der Waals surface area (Å²) in [7, 11) is 0. The highest BCUT2D eigenvalue weighted by Crippen LogP contribution is 2.48. The average Bonchev–Trinajstić information content (AvgIpc) is 3.47. The van der Waals surface area contributed by atoms with Crippen LogP contribution in [0.5, 0.6) is 0 Å². The number of benzene rings is 1. The lowest BCUT2D eigenvalue weighted by Gasteiger charge is -2.49. The van der Waals surface area contributed by atoms with E-state index in [1.54, 1.807) is 0 Å². The number of nitrogens with zero attached hydrogens (tertiary/aromatic N) is 1. The molecule has 2 saturated heterocycles. The number of fused-ring (bicyclic) bond motifs is 2. The van der Waals surface area contributed by atoms with E-state index in [4.69, 9.17) is 11.6 Å². The van der Waals surface area contributed by atoms with Gasteiger partial charge in [0.05, 0.1) is 6.10 Å². The van der Waals surface area contributed by atoms with Crippen molar-refractivity contribution in [3.63, 3.8) is 0 Å². The van der Waals surface area contributed by atoms with Crippen LogP contribution in [0.2, 0.25) is 5.02 Å². The number of piperidine rings is 1. The molecule has 0 radical (unpaired) electrons. The number of carbonyl (C=O) groups excluding carboxylic acids is 1. The molecule has 3 heterocycles. The highest BCUT2D eigenvalue weighted by molar-refractivity contribution is 8.00. The van der Waals surface area contributed by atoms with Gasteiger partial charge in [-0.2, -0.15) is 0 Å². The van der Waals surface area contributed by atoms with Crippen molar-refractivity contribution in [2.75, 3.05) is 18.4 Å². The molecule has 38 heavy (non-hydrogen) atoms. The van der Waals surface area contributed by atoms with E-state index in [2.05, 4.69) is 16.0 Å².